The first-order valence-electron chi connectivity index (χ1n) is 25.5. The van der Waals surface area contributed by atoms with Crippen LogP contribution in [0.4, 0.5) is 55.8 Å². The molecule has 4 aliphatic heterocycles. The summed E-state index contributed by atoms with van der Waals surface area (Å²) >= 11 is 6.34. The topological polar surface area (TPSA) is 192 Å². The normalized spacial score (nSPS) is 18.0. The molecule has 4 aliphatic rings. The van der Waals surface area contributed by atoms with E-state index in [-0.39, 0.29) is 77.9 Å². The van der Waals surface area contributed by atoms with E-state index in [1.54, 1.807) is 18.2 Å². The van der Waals surface area contributed by atoms with E-state index in [2.05, 4.69) is 52.4 Å². The van der Waals surface area contributed by atoms with Crippen molar-refractivity contribution in [1.82, 2.24) is 57.4 Å². The van der Waals surface area contributed by atoms with Crippen molar-refractivity contribution in [2.24, 2.45) is 5.92 Å². The number of sulfonamides is 2. The minimum absolute atomic E-state index is 0.0379. The van der Waals surface area contributed by atoms with Gasteiger partial charge in [-0.25, -0.2) is 59.7 Å². The zero-order valence-corrected chi connectivity index (χ0v) is 46.1. The van der Waals surface area contributed by atoms with E-state index in [1.807, 2.05) is 4.90 Å². The third kappa shape index (κ3) is 14.2. The molecule has 0 spiro atoms. The van der Waals surface area contributed by atoms with Crippen LogP contribution in [-0.2, 0) is 51.7 Å². The molecule has 18 nitrogen and oxygen atoms in total. The number of alkyl halides is 9. The summed E-state index contributed by atoms with van der Waals surface area (Å²) in [6.45, 7) is 7.30. The van der Waals surface area contributed by atoms with Gasteiger partial charge in [0.1, 0.15) is 51.1 Å². The van der Waals surface area contributed by atoms with Crippen LogP contribution in [0.25, 0.3) is 34.2 Å². The SMILES string of the molecule is CC1CN(Cc2ccc(-n3cnc(-c4nc(NC5CCN(S(C)(=O)=O)CC5)ncc4C(F)(F)F)c3)c(Cl)c2F)C1.CS(=O)(=O)N1CCC(Nc2ncc(C(F)(F)F)c(-c3cn(-c4ccc(CN5CCC5)cc4C(F)(F)F)cn3)n2)CC1. The number of nitrogens with one attached hydrogen (secondary N) is 2. The van der Waals surface area contributed by atoms with Gasteiger partial charge in [0.15, 0.2) is 0 Å². The number of hydrogen-bond donors (Lipinski definition) is 2. The average molecular weight is 1210 g/mol. The van der Waals surface area contributed by atoms with E-state index in [0.717, 1.165) is 68.3 Å². The fourth-order valence-corrected chi connectivity index (χ4v) is 12.0. The van der Waals surface area contributed by atoms with Gasteiger partial charge in [0.2, 0.25) is 31.9 Å². The lowest BCUT2D eigenvalue weighted by molar-refractivity contribution is -0.138. The van der Waals surface area contributed by atoms with Gasteiger partial charge >= 0.3 is 18.5 Å². The molecule has 4 saturated heterocycles. The van der Waals surface area contributed by atoms with Crippen molar-refractivity contribution >= 4 is 43.5 Å². The predicted octanol–water partition coefficient (Wildman–Crippen LogP) is 8.84. The van der Waals surface area contributed by atoms with Crippen molar-refractivity contribution in [3.05, 3.63) is 106 Å². The lowest BCUT2D eigenvalue weighted by atomic mass is 10.0. The molecule has 0 amide bonds. The molecule has 4 aromatic heterocycles. The smallest absolute Gasteiger partial charge is 0.351 e. The van der Waals surface area contributed by atoms with Gasteiger partial charge in [0.25, 0.3) is 0 Å². The zero-order valence-electron chi connectivity index (χ0n) is 43.7. The molecule has 10 rings (SSSR count). The van der Waals surface area contributed by atoms with Gasteiger partial charge in [0, 0.05) is 94.8 Å². The molecule has 0 atom stereocenters. The molecular weight excluding hydrogens is 1150 g/mol. The summed E-state index contributed by atoms with van der Waals surface area (Å²) in [6, 6.07) is 6.60. The van der Waals surface area contributed by atoms with Gasteiger partial charge in [-0.3, -0.25) is 9.80 Å². The van der Waals surface area contributed by atoms with Gasteiger partial charge < -0.3 is 19.8 Å². The minimum Gasteiger partial charge on any atom is -0.351 e. The van der Waals surface area contributed by atoms with Crippen LogP contribution in [0.3, 0.4) is 0 Å². The molecule has 0 aliphatic carbocycles. The van der Waals surface area contributed by atoms with Crippen LogP contribution >= 0.6 is 11.6 Å². The molecule has 2 aromatic carbocycles. The van der Waals surface area contributed by atoms with Crippen LogP contribution in [0, 0.1) is 11.7 Å². The second-order valence-corrected chi connectivity index (χ2v) is 24.9. The number of likely N-dealkylation sites (tertiary alicyclic amines) is 2. The summed E-state index contributed by atoms with van der Waals surface area (Å²) in [4.78, 5) is 28.0. The first-order chi connectivity index (χ1) is 38.0. The minimum atomic E-state index is -4.85. The Morgan fingerprint density at radius 1 is 0.605 bits per heavy atom. The maximum absolute atomic E-state index is 15.1. The molecule has 0 unspecified atom stereocenters. The van der Waals surface area contributed by atoms with Crippen molar-refractivity contribution in [3.8, 4) is 34.2 Å². The zero-order chi connectivity index (χ0) is 58.4. The highest BCUT2D eigenvalue weighted by atomic mass is 35.5. The molecule has 81 heavy (non-hydrogen) atoms. The quantitative estimate of drug-likeness (QED) is 0.0983. The van der Waals surface area contributed by atoms with Crippen molar-refractivity contribution in [3.63, 3.8) is 0 Å². The van der Waals surface area contributed by atoms with Crippen molar-refractivity contribution in [2.45, 2.75) is 82.7 Å². The standard InChI is InChI=1S/C25H28ClF4N7O2S.C25H27F6N7O2S/c1-15-10-35(11-15)12-16-3-4-20(21(26)22(16)27)36-13-19(32-14-36)23-18(25(28,29)30)9-31-24(34-23)33-17-5-7-37(8-6-17)40(2,38)39;1-41(39,40)38-9-5-17(6-10-38)34-23-32-12-19(25(29,30)31)22(35-23)20-14-37(15-33-20)21-4-3-16(13-36-7-2-8-36)11-18(21)24(26,27)28/h3-4,9,13-15,17H,5-8,10-12H2,1-2H3,(H,31,33,34);3-4,11-12,14-15,17H,2,5-10,13H2,1H3,(H,32,34,35). The number of piperidine rings is 2. The van der Waals surface area contributed by atoms with E-state index >= 15 is 4.39 Å². The van der Waals surface area contributed by atoms with Crippen LogP contribution in [0.15, 0.2) is 67.8 Å². The largest absolute Gasteiger partial charge is 0.420 e. The Morgan fingerprint density at radius 2 is 1.06 bits per heavy atom. The average Bonchev–Trinajstić information content (AvgIpc) is 4.15. The Morgan fingerprint density at radius 3 is 1.48 bits per heavy atom. The molecule has 2 N–H and O–H groups in total. The molecule has 0 saturated carbocycles. The van der Waals surface area contributed by atoms with Crippen LogP contribution in [0.2, 0.25) is 5.02 Å². The van der Waals surface area contributed by atoms with E-state index in [0.29, 0.717) is 68.2 Å². The van der Waals surface area contributed by atoms with Crippen molar-refractivity contribution < 1.29 is 60.7 Å². The summed E-state index contributed by atoms with van der Waals surface area (Å²) in [5, 5.41) is 5.80. The number of anilines is 2. The van der Waals surface area contributed by atoms with E-state index in [4.69, 9.17) is 11.6 Å². The Bertz CT molecular complexity index is 3470. The number of imidazole rings is 2. The van der Waals surface area contributed by atoms with Gasteiger partial charge in [-0.2, -0.15) is 39.5 Å². The van der Waals surface area contributed by atoms with Gasteiger partial charge in [0.05, 0.1) is 35.8 Å². The molecule has 4 fully saturated rings. The third-order valence-corrected chi connectivity index (χ3v) is 17.3. The van der Waals surface area contributed by atoms with Crippen LogP contribution in [-0.4, -0.2) is 151 Å². The fourth-order valence-electron chi connectivity index (χ4n) is 9.92. The maximum atomic E-state index is 15.1. The number of aromatic nitrogens is 8. The summed E-state index contributed by atoms with van der Waals surface area (Å²) in [5.41, 5.74) is -3.74. The Balaban J connectivity index is 0.000000196. The van der Waals surface area contributed by atoms with E-state index < -0.39 is 72.5 Å². The fraction of sp³-hybridized carbons (Fsp3) is 0.480. The van der Waals surface area contributed by atoms with Crippen molar-refractivity contribution in [1.29, 1.82) is 0 Å². The predicted molar refractivity (Wildman–Crippen MR) is 280 cm³/mol. The maximum Gasteiger partial charge on any atom is 0.420 e. The van der Waals surface area contributed by atoms with Gasteiger partial charge in [-0.1, -0.05) is 30.7 Å². The van der Waals surface area contributed by atoms with E-state index in [1.165, 1.54) is 31.8 Å². The van der Waals surface area contributed by atoms with Gasteiger partial charge in [-0.15, -0.1) is 0 Å². The molecule has 31 heteroatoms. The second kappa shape index (κ2) is 23.3. The molecule has 6 aromatic rings. The molecule has 8 heterocycles. The van der Waals surface area contributed by atoms with Gasteiger partial charge in [-0.05, 0) is 74.9 Å². The van der Waals surface area contributed by atoms with Crippen LogP contribution in [0.1, 0.15) is 66.8 Å². The monoisotopic (exact) mass is 1200 g/mol. The van der Waals surface area contributed by atoms with E-state index in [9.17, 15) is 56.3 Å². The Labute approximate surface area is 464 Å². The highest BCUT2D eigenvalue weighted by molar-refractivity contribution is 7.88. The first kappa shape index (κ1) is 59.6. The number of rotatable bonds is 14. The number of halogens is 11. The molecule has 0 bridgehead atoms. The molecule has 438 valence electrons. The highest BCUT2D eigenvalue weighted by Gasteiger charge is 2.39. The third-order valence-electron chi connectivity index (χ3n) is 14.3. The lowest BCUT2D eigenvalue weighted by Gasteiger charge is -2.37. The van der Waals surface area contributed by atoms with Crippen molar-refractivity contribution in [2.75, 3.05) is 75.5 Å². The molecule has 0 radical (unpaired) electrons. The number of benzene rings is 2. The summed E-state index contributed by atoms with van der Waals surface area (Å²) in [7, 11) is -6.68. The summed E-state index contributed by atoms with van der Waals surface area (Å²) < 4.78 is 192. The molecular formula is C50H55ClF10N14O4S2. The highest BCUT2D eigenvalue weighted by Crippen LogP contribution is 2.40. The lowest BCUT2D eigenvalue weighted by Crippen LogP contribution is -2.44. The summed E-state index contributed by atoms with van der Waals surface area (Å²) in [5.74, 6) is -0.189. The number of hydrogen-bond acceptors (Lipinski definition) is 14. The Kier molecular flexibility index (Phi) is 17.1. The Hall–Kier alpha value is -6.05. The summed E-state index contributed by atoms with van der Waals surface area (Å²) in [6.07, 6.45) is -3.49. The van der Waals surface area contributed by atoms with Crippen LogP contribution in [0.5, 0.6) is 0 Å². The van der Waals surface area contributed by atoms with Crippen LogP contribution < -0.4 is 10.6 Å². The first-order valence-corrected chi connectivity index (χ1v) is 29.6. The number of nitrogens with zero attached hydrogens (tertiary/aromatic N) is 12. The second-order valence-electron chi connectivity index (χ2n) is 20.6.